The van der Waals surface area contributed by atoms with Crippen LogP contribution < -0.4 is 10.1 Å². The Morgan fingerprint density at radius 2 is 1.55 bits per heavy atom. The van der Waals surface area contributed by atoms with Gasteiger partial charge in [-0.05, 0) is 62.6 Å². The van der Waals surface area contributed by atoms with E-state index in [1.54, 1.807) is 26.2 Å². The number of carbonyl (C=O) groups is 2. The minimum atomic E-state index is -0.873. The molecule has 29 heavy (non-hydrogen) atoms. The van der Waals surface area contributed by atoms with Crippen LogP contribution in [0, 0.1) is 0 Å². The van der Waals surface area contributed by atoms with Crippen molar-refractivity contribution in [3.8, 4) is 5.75 Å². The molecule has 0 bridgehead atoms. The van der Waals surface area contributed by atoms with E-state index in [1.165, 1.54) is 0 Å². The van der Waals surface area contributed by atoms with Crippen LogP contribution in [0.15, 0.2) is 48.5 Å². The van der Waals surface area contributed by atoms with Crippen LogP contribution in [0.25, 0.3) is 0 Å². The van der Waals surface area contributed by atoms with Crippen molar-refractivity contribution in [2.75, 3.05) is 13.7 Å². The van der Waals surface area contributed by atoms with Gasteiger partial charge in [-0.3, -0.25) is 4.79 Å². The first-order valence-corrected chi connectivity index (χ1v) is 9.71. The Hall–Kier alpha value is -2.86. The first-order chi connectivity index (χ1) is 13.9. The van der Waals surface area contributed by atoms with E-state index in [9.17, 15) is 9.59 Å². The van der Waals surface area contributed by atoms with Crippen molar-refractivity contribution in [2.24, 2.45) is 0 Å². The van der Waals surface area contributed by atoms with Gasteiger partial charge < -0.3 is 19.5 Å². The molecule has 0 unspecified atom stereocenters. The standard InChI is InChI=1S/C23H29NO5/c1-16(2)28-15-19-5-9-20(10-6-19)23(26)29-17(3)22(25)24-14-13-18-7-11-21(27-4)12-8-18/h5-12,16-17H,13-15H2,1-4H3,(H,24,25)/t17-/m0/s1. The van der Waals surface area contributed by atoms with Gasteiger partial charge in [0.1, 0.15) is 5.75 Å². The van der Waals surface area contributed by atoms with Crippen molar-refractivity contribution in [3.63, 3.8) is 0 Å². The number of hydrogen-bond donors (Lipinski definition) is 1. The van der Waals surface area contributed by atoms with Crippen LogP contribution in [0.2, 0.25) is 0 Å². The van der Waals surface area contributed by atoms with Crippen molar-refractivity contribution < 1.29 is 23.8 Å². The maximum absolute atomic E-state index is 12.2. The minimum absolute atomic E-state index is 0.142. The van der Waals surface area contributed by atoms with Crippen LogP contribution in [-0.2, 0) is 27.3 Å². The Morgan fingerprint density at radius 1 is 0.931 bits per heavy atom. The molecule has 6 heteroatoms. The largest absolute Gasteiger partial charge is 0.497 e. The van der Waals surface area contributed by atoms with Gasteiger partial charge in [-0.15, -0.1) is 0 Å². The first kappa shape index (κ1) is 22.4. The van der Waals surface area contributed by atoms with Crippen molar-refractivity contribution in [2.45, 2.75) is 46.0 Å². The second-order valence-corrected chi connectivity index (χ2v) is 6.99. The fourth-order valence-electron chi connectivity index (χ4n) is 2.55. The predicted octanol–water partition coefficient (Wildman–Crippen LogP) is 3.52. The number of carbonyl (C=O) groups excluding carboxylic acids is 2. The van der Waals surface area contributed by atoms with Gasteiger partial charge >= 0.3 is 5.97 Å². The quantitative estimate of drug-likeness (QED) is 0.619. The molecule has 1 atom stereocenters. The molecule has 1 N–H and O–H groups in total. The molecular weight excluding hydrogens is 370 g/mol. The van der Waals surface area contributed by atoms with Gasteiger partial charge in [0.05, 0.1) is 25.4 Å². The summed E-state index contributed by atoms with van der Waals surface area (Å²) in [4.78, 5) is 24.4. The van der Waals surface area contributed by atoms with Gasteiger partial charge in [0, 0.05) is 6.54 Å². The highest BCUT2D eigenvalue weighted by Gasteiger charge is 2.18. The second-order valence-electron chi connectivity index (χ2n) is 6.99. The van der Waals surface area contributed by atoms with Crippen molar-refractivity contribution in [1.82, 2.24) is 5.32 Å². The fourth-order valence-corrected chi connectivity index (χ4v) is 2.55. The molecule has 0 aromatic heterocycles. The van der Waals surface area contributed by atoms with Crippen LogP contribution in [0.1, 0.15) is 42.3 Å². The third-order valence-electron chi connectivity index (χ3n) is 4.30. The summed E-state index contributed by atoms with van der Waals surface area (Å²) in [5.41, 5.74) is 2.45. The van der Waals surface area contributed by atoms with Crippen LogP contribution in [-0.4, -0.2) is 37.7 Å². The third-order valence-corrected chi connectivity index (χ3v) is 4.30. The monoisotopic (exact) mass is 399 g/mol. The molecule has 2 rings (SSSR count). The lowest BCUT2D eigenvalue weighted by Gasteiger charge is -2.14. The maximum Gasteiger partial charge on any atom is 0.338 e. The summed E-state index contributed by atoms with van der Waals surface area (Å²) in [6.07, 6.45) is -0.0536. The lowest BCUT2D eigenvalue weighted by molar-refractivity contribution is -0.129. The van der Waals surface area contributed by atoms with Crippen molar-refractivity contribution in [1.29, 1.82) is 0 Å². The Morgan fingerprint density at radius 3 is 2.14 bits per heavy atom. The van der Waals surface area contributed by atoms with E-state index in [0.717, 1.165) is 16.9 Å². The number of ether oxygens (including phenoxy) is 3. The van der Waals surface area contributed by atoms with Gasteiger partial charge in [0.2, 0.25) is 0 Å². The molecule has 0 aliphatic carbocycles. The van der Waals surface area contributed by atoms with E-state index in [-0.39, 0.29) is 12.0 Å². The SMILES string of the molecule is COc1ccc(CCNC(=O)[C@H](C)OC(=O)c2ccc(COC(C)C)cc2)cc1. The van der Waals surface area contributed by atoms with Gasteiger partial charge in [-0.1, -0.05) is 24.3 Å². The number of esters is 1. The summed E-state index contributed by atoms with van der Waals surface area (Å²) < 4.78 is 15.9. The number of nitrogens with one attached hydrogen (secondary N) is 1. The van der Waals surface area contributed by atoms with Gasteiger partial charge in [-0.2, -0.15) is 0 Å². The molecule has 0 heterocycles. The molecule has 0 aliphatic rings. The van der Waals surface area contributed by atoms with Gasteiger partial charge in [-0.25, -0.2) is 4.79 Å². The zero-order chi connectivity index (χ0) is 21.2. The zero-order valence-corrected chi connectivity index (χ0v) is 17.4. The van der Waals surface area contributed by atoms with E-state index in [2.05, 4.69) is 5.32 Å². The van der Waals surface area contributed by atoms with Crippen LogP contribution >= 0.6 is 0 Å². The summed E-state index contributed by atoms with van der Waals surface area (Å²) in [5.74, 6) is -0.0632. The molecule has 2 aromatic rings. The van der Waals surface area contributed by atoms with E-state index < -0.39 is 12.1 Å². The van der Waals surface area contributed by atoms with Crippen molar-refractivity contribution >= 4 is 11.9 Å². The summed E-state index contributed by atoms with van der Waals surface area (Å²) in [6.45, 7) is 6.44. The summed E-state index contributed by atoms with van der Waals surface area (Å²) in [6, 6.07) is 14.6. The highest BCUT2D eigenvalue weighted by atomic mass is 16.5. The molecular formula is C23H29NO5. The Bertz CT molecular complexity index is 784. The Balaban J connectivity index is 1.76. The number of amides is 1. The number of hydrogen-bond acceptors (Lipinski definition) is 5. The topological polar surface area (TPSA) is 73.9 Å². The predicted molar refractivity (Wildman–Crippen MR) is 111 cm³/mol. The summed E-state index contributed by atoms with van der Waals surface area (Å²) >= 11 is 0. The summed E-state index contributed by atoms with van der Waals surface area (Å²) in [5, 5.41) is 2.79. The highest BCUT2D eigenvalue weighted by Crippen LogP contribution is 2.12. The van der Waals surface area contributed by atoms with E-state index in [1.807, 2.05) is 50.2 Å². The minimum Gasteiger partial charge on any atom is -0.497 e. The molecule has 6 nitrogen and oxygen atoms in total. The van der Waals surface area contributed by atoms with Crippen molar-refractivity contribution in [3.05, 3.63) is 65.2 Å². The first-order valence-electron chi connectivity index (χ1n) is 9.71. The van der Waals surface area contributed by atoms with E-state index >= 15 is 0 Å². The average molecular weight is 399 g/mol. The number of methoxy groups -OCH3 is 1. The molecule has 0 saturated heterocycles. The zero-order valence-electron chi connectivity index (χ0n) is 17.4. The highest BCUT2D eigenvalue weighted by molar-refractivity contribution is 5.92. The Labute approximate surface area is 172 Å². The molecule has 1 amide bonds. The van der Waals surface area contributed by atoms with Gasteiger partial charge in [0.25, 0.3) is 5.91 Å². The van der Waals surface area contributed by atoms with E-state index in [0.29, 0.717) is 25.1 Å². The molecule has 0 radical (unpaired) electrons. The number of rotatable bonds is 10. The molecule has 0 saturated carbocycles. The molecule has 156 valence electrons. The van der Waals surface area contributed by atoms with E-state index in [4.69, 9.17) is 14.2 Å². The number of benzene rings is 2. The average Bonchev–Trinajstić information content (AvgIpc) is 2.72. The van der Waals surface area contributed by atoms with Crippen LogP contribution in [0.5, 0.6) is 5.75 Å². The fraction of sp³-hybridized carbons (Fsp3) is 0.391. The van der Waals surface area contributed by atoms with Crippen LogP contribution in [0.3, 0.4) is 0 Å². The molecule has 2 aromatic carbocycles. The van der Waals surface area contributed by atoms with Crippen LogP contribution in [0.4, 0.5) is 0 Å². The second kappa shape index (κ2) is 11.2. The molecule has 0 fully saturated rings. The lowest BCUT2D eigenvalue weighted by atomic mass is 10.1. The lowest BCUT2D eigenvalue weighted by Crippen LogP contribution is -2.36. The molecule has 0 aliphatic heterocycles. The molecule has 0 spiro atoms. The smallest absolute Gasteiger partial charge is 0.338 e. The van der Waals surface area contributed by atoms with Gasteiger partial charge in [0.15, 0.2) is 6.10 Å². The summed E-state index contributed by atoms with van der Waals surface area (Å²) in [7, 11) is 1.62. The third kappa shape index (κ3) is 7.58. The normalized spacial score (nSPS) is 11.8. The Kier molecular flexibility index (Phi) is 8.68. The maximum atomic E-state index is 12.2.